The second-order valence-electron chi connectivity index (χ2n) is 2.93. The summed E-state index contributed by atoms with van der Waals surface area (Å²) < 4.78 is 0. The van der Waals surface area contributed by atoms with Gasteiger partial charge in [-0.2, -0.15) is 0 Å². The minimum absolute atomic E-state index is 0.0294. The number of carbonyl (C=O) groups is 1. The van der Waals surface area contributed by atoms with Crippen LogP contribution in [-0.2, 0) is 6.42 Å². The summed E-state index contributed by atoms with van der Waals surface area (Å²) in [7, 11) is 0. The fourth-order valence-corrected chi connectivity index (χ4v) is 1.52. The van der Waals surface area contributed by atoms with E-state index in [1.165, 1.54) is 0 Å². The van der Waals surface area contributed by atoms with Crippen LogP contribution in [0.5, 0.6) is 0 Å². The number of aromatic nitrogens is 1. The number of nitrogens with zero attached hydrogens (tertiary/aromatic N) is 1. The highest BCUT2D eigenvalue weighted by Crippen LogP contribution is 2.15. The van der Waals surface area contributed by atoms with Crippen molar-refractivity contribution >= 4 is 5.91 Å². The molecular weight excluding hydrogens is 152 g/mol. The Morgan fingerprint density at radius 2 is 2.42 bits per heavy atom. The molecule has 1 aromatic heterocycles. The summed E-state index contributed by atoms with van der Waals surface area (Å²) in [4.78, 5) is 15.4. The zero-order valence-electron chi connectivity index (χ0n) is 6.92. The molecule has 3 heteroatoms. The van der Waals surface area contributed by atoms with Crippen molar-refractivity contribution in [3.8, 4) is 0 Å². The maximum atomic E-state index is 11.3. The van der Waals surface area contributed by atoms with Gasteiger partial charge < -0.3 is 5.32 Å². The molecular formula is C9H10N2O. The van der Waals surface area contributed by atoms with Gasteiger partial charge in [0, 0.05) is 24.0 Å². The molecule has 1 aliphatic heterocycles. The van der Waals surface area contributed by atoms with Crippen LogP contribution in [-0.4, -0.2) is 17.4 Å². The average Bonchev–Trinajstić information content (AvgIpc) is 2.07. The van der Waals surface area contributed by atoms with Gasteiger partial charge in [-0.05, 0) is 25.0 Å². The predicted molar refractivity (Wildman–Crippen MR) is 45.0 cm³/mol. The Morgan fingerprint density at radius 1 is 1.58 bits per heavy atom. The molecule has 0 aliphatic carbocycles. The van der Waals surface area contributed by atoms with Gasteiger partial charge in [0.15, 0.2) is 0 Å². The number of amides is 1. The molecule has 3 nitrogen and oxygen atoms in total. The fourth-order valence-electron chi connectivity index (χ4n) is 1.52. The Morgan fingerprint density at radius 3 is 3.17 bits per heavy atom. The van der Waals surface area contributed by atoms with Crippen LogP contribution in [0, 0.1) is 6.92 Å². The van der Waals surface area contributed by atoms with Gasteiger partial charge in [0.05, 0.1) is 0 Å². The Kier molecular flexibility index (Phi) is 1.57. The van der Waals surface area contributed by atoms with Crippen molar-refractivity contribution in [1.82, 2.24) is 10.3 Å². The number of carbonyl (C=O) groups excluding carboxylic acids is 1. The number of hydrogen-bond acceptors (Lipinski definition) is 2. The van der Waals surface area contributed by atoms with Crippen molar-refractivity contribution in [1.29, 1.82) is 0 Å². The number of rotatable bonds is 0. The Labute approximate surface area is 70.8 Å². The molecule has 0 saturated carbocycles. The van der Waals surface area contributed by atoms with Crippen LogP contribution in [0.25, 0.3) is 0 Å². The van der Waals surface area contributed by atoms with Crippen LogP contribution in [0.3, 0.4) is 0 Å². The second-order valence-corrected chi connectivity index (χ2v) is 2.93. The third-order valence-electron chi connectivity index (χ3n) is 2.18. The van der Waals surface area contributed by atoms with Crippen LogP contribution in [0.1, 0.15) is 21.6 Å². The normalized spacial score (nSPS) is 15.2. The highest BCUT2D eigenvalue weighted by Gasteiger charge is 2.17. The van der Waals surface area contributed by atoms with E-state index in [4.69, 9.17) is 0 Å². The van der Waals surface area contributed by atoms with Gasteiger partial charge in [-0.1, -0.05) is 0 Å². The Balaban J connectivity index is 2.59. The third-order valence-corrected chi connectivity index (χ3v) is 2.18. The number of hydrogen-bond donors (Lipinski definition) is 1. The molecule has 0 fully saturated rings. The minimum Gasteiger partial charge on any atom is -0.352 e. The molecule has 0 atom stereocenters. The van der Waals surface area contributed by atoms with Crippen LogP contribution < -0.4 is 5.32 Å². The van der Waals surface area contributed by atoms with Gasteiger partial charge in [0.25, 0.3) is 5.91 Å². The highest BCUT2D eigenvalue weighted by molar-refractivity contribution is 5.96. The van der Waals surface area contributed by atoms with Crippen molar-refractivity contribution in [2.45, 2.75) is 13.3 Å². The van der Waals surface area contributed by atoms with E-state index in [2.05, 4.69) is 10.3 Å². The number of fused-ring (bicyclic) bond motifs is 1. The van der Waals surface area contributed by atoms with Crippen LogP contribution in [0.4, 0.5) is 0 Å². The molecule has 0 bridgehead atoms. The lowest BCUT2D eigenvalue weighted by Crippen LogP contribution is -2.32. The van der Waals surface area contributed by atoms with Crippen molar-refractivity contribution < 1.29 is 4.79 Å². The third kappa shape index (κ3) is 0.978. The summed E-state index contributed by atoms with van der Waals surface area (Å²) in [6.45, 7) is 2.68. The van der Waals surface area contributed by atoms with Crippen molar-refractivity contribution in [3.05, 3.63) is 29.1 Å². The van der Waals surface area contributed by atoms with E-state index in [1.54, 1.807) is 12.3 Å². The SMILES string of the molecule is Cc1nccc2c1CCNC2=O. The maximum Gasteiger partial charge on any atom is 0.251 e. The molecule has 2 rings (SSSR count). The quantitative estimate of drug-likeness (QED) is 0.609. The van der Waals surface area contributed by atoms with Crippen molar-refractivity contribution in [3.63, 3.8) is 0 Å². The maximum absolute atomic E-state index is 11.3. The lowest BCUT2D eigenvalue weighted by atomic mass is 10.0. The van der Waals surface area contributed by atoms with E-state index in [0.29, 0.717) is 0 Å². The predicted octanol–water partition coefficient (Wildman–Crippen LogP) is 0.676. The summed E-state index contributed by atoms with van der Waals surface area (Å²) in [6.07, 6.45) is 2.58. The van der Waals surface area contributed by atoms with E-state index < -0.39 is 0 Å². The monoisotopic (exact) mass is 162 g/mol. The molecule has 1 N–H and O–H groups in total. The van der Waals surface area contributed by atoms with Gasteiger partial charge in [-0.3, -0.25) is 9.78 Å². The van der Waals surface area contributed by atoms with E-state index >= 15 is 0 Å². The summed E-state index contributed by atoms with van der Waals surface area (Å²) in [6, 6.07) is 1.77. The van der Waals surface area contributed by atoms with Gasteiger partial charge in [-0.25, -0.2) is 0 Å². The second kappa shape index (κ2) is 2.59. The largest absolute Gasteiger partial charge is 0.352 e. The first-order chi connectivity index (χ1) is 5.79. The Hall–Kier alpha value is -1.38. The van der Waals surface area contributed by atoms with E-state index in [9.17, 15) is 4.79 Å². The van der Waals surface area contributed by atoms with Gasteiger partial charge in [0.2, 0.25) is 0 Å². The van der Waals surface area contributed by atoms with Crippen LogP contribution >= 0.6 is 0 Å². The van der Waals surface area contributed by atoms with Crippen LogP contribution in [0.2, 0.25) is 0 Å². The molecule has 1 amide bonds. The molecule has 1 aromatic rings. The molecule has 0 unspecified atom stereocenters. The summed E-state index contributed by atoms with van der Waals surface area (Å²) in [5.74, 6) is 0.0294. The van der Waals surface area contributed by atoms with Crippen LogP contribution in [0.15, 0.2) is 12.3 Å². The topological polar surface area (TPSA) is 42.0 Å². The van der Waals surface area contributed by atoms with Crippen molar-refractivity contribution in [2.24, 2.45) is 0 Å². The molecule has 12 heavy (non-hydrogen) atoms. The summed E-state index contributed by atoms with van der Waals surface area (Å²) >= 11 is 0. The molecule has 2 heterocycles. The summed E-state index contributed by atoms with van der Waals surface area (Å²) in [5, 5.41) is 2.80. The average molecular weight is 162 g/mol. The lowest BCUT2D eigenvalue weighted by Gasteiger charge is -2.16. The molecule has 0 spiro atoms. The first-order valence-corrected chi connectivity index (χ1v) is 4.02. The molecule has 0 aromatic carbocycles. The van der Waals surface area contributed by atoms with Gasteiger partial charge in [0.1, 0.15) is 0 Å². The number of aryl methyl sites for hydroxylation is 1. The lowest BCUT2D eigenvalue weighted by molar-refractivity contribution is 0.0945. The first kappa shape index (κ1) is 7.28. The Bertz CT molecular complexity index is 333. The number of pyridine rings is 1. The molecule has 0 saturated heterocycles. The first-order valence-electron chi connectivity index (χ1n) is 4.02. The standard InChI is InChI=1S/C9H10N2O/c1-6-7-2-5-11-9(12)8(7)3-4-10-6/h3-4H,2,5H2,1H3,(H,11,12). The van der Waals surface area contributed by atoms with Gasteiger partial charge in [-0.15, -0.1) is 0 Å². The molecule has 1 aliphatic rings. The van der Waals surface area contributed by atoms with Gasteiger partial charge >= 0.3 is 0 Å². The van der Waals surface area contributed by atoms with Crippen molar-refractivity contribution in [2.75, 3.05) is 6.54 Å². The zero-order chi connectivity index (χ0) is 8.55. The molecule has 0 radical (unpaired) electrons. The van der Waals surface area contributed by atoms with E-state index in [0.717, 1.165) is 29.8 Å². The van der Waals surface area contributed by atoms with E-state index in [-0.39, 0.29) is 5.91 Å². The highest BCUT2D eigenvalue weighted by atomic mass is 16.1. The smallest absolute Gasteiger partial charge is 0.251 e. The van der Waals surface area contributed by atoms with E-state index in [1.807, 2.05) is 6.92 Å². The molecule has 62 valence electrons. The minimum atomic E-state index is 0.0294. The summed E-state index contributed by atoms with van der Waals surface area (Å²) in [5.41, 5.74) is 2.86. The fraction of sp³-hybridized carbons (Fsp3) is 0.333. The zero-order valence-corrected chi connectivity index (χ0v) is 6.92. The number of nitrogens with one attached hydrogen (secondary N) is 1.